The topological polar surface area (TPSA) is 100 Å². The number of hydrogen-bond acceptors (Lipinski definition) is 6. The van der Waals surface area contributed by atoms with Crippen molar-refractivity contribution in [3.63, 3.8) is 0 Å². The first-order valence-electron chi connectivity index (χ1n) is 9.90. The highest BCUT2D eigenvalue weighted by molar-refractivity contribution is 5.88. The molecular formula is C24H28O6. The van der Waals surface area contributed by atoms with Gasteiger partial charge in [-0.05, 0) is 40.5 Å². The molecule has 1 aliphatic carbocycles. The first-order chi connectivity index (χ1) is 14.1. The van der Waals surface area contributed by atoms with Crippen LogP contribution in [0.25, 0.3) is 17.0 Å². The van der Waals surface area contributed by atoms with Gasteiger partial charge in [0.2, 0.25) is 5.43 Å². The zero-order valence-electron chi connectivity index (χ0n) is 17.9. The zero-order chi connectivity index (χ0) is 22.2. The first-order valence-corrected chi connectivity index (χ1v) is 9.90. The van der Waals surface area contributed by atoms with Crippen molar-refractivity contribution < 1.29 is 24.5 Å². The number of methoxy groups -OCH3 is 1. The number of aliphatic hydroxyl groups excluding tert-OH is 1. The minimum absolute atomic E-state index is 0.0237. The van der Waals surface area contributed by atoms with Crippen molar-refractivity contribution in [2.45, 2.75) is 52.6 Å². The van der Waals surface area contributed by atoms with E-state index in [-0.39, 0.29) is 51.4 Å². The molecule has 3 N–H and O–H groups in total. The summed E-state index contributed by atoms with van der Waals surface area (Å²) in [6.45, 7) is 7.73. The van der Waals surface area contributed by atoms with Gasteiger partial charge in [-0.3, -0.25) is 4.79 Å². The minimum atomic E-state index is -0.696. The Morgan fingerprint density at radius 3 is 2.40 bits per heavy atom. The molecule has 0 aliphatic heterocycles. The van der Waals surface area contributed by atoms with Crippen LogP contribution in [0.4, 0.5) is 0 Å². The van der Waals surface area contributed by atoms with Gasteiger partial charge >= 0.3 is 0 Å². The highest BCUT2D eigenvalue weighted by Crippen LogP contribution is 2.40. The Bertz CT molecular complexity index is 1120. The molecule has 2 atom stereocenters. The van der Waals surface area contributed by atoms with Gasteiger partial charge in [0.1, 0.15) is 40.1 Å². The van der Waals surface area contributed by atoms with Crippen molar-refractivity contribution in [3.05, 3.63) is 62.2 Å². The van der Waals surface area contributed by atoms with E-state index in [2.05, 4.69) is 0 Å². The maximum Gasteiger partial charge on any atom is 0.200 e. The van der Waals surface area contributed by atoms with Crippen LogP contribution in [0.1, 0.15) is 56.9 Å². The Labute approximate surface area is 175 Å². The summed E-state index contributed by atoms with van der Waals surface area (Å²) in [5, 5.41) is 31.7. The van der Waals surface area contributed by atoms with Gasteiger partial charge in [0, 0.05) is 36.3 Å². The van der Waals surface area contributed by atoms with E-state index in [9.17, 15) is 20.1 Å². The second kappa shape index (κ2) is 8.40. The summed E-state index contributed by atoms with van der Waals surface area (Å²) in [6.07, 6.45) is 5.26. The molecule has 2 aromatic rings. The molecule has 0 unspecified atom stereocenters. The Hall–Kier alpha value is -2.99. The summed E-state index contributed by atoms with van der Waals surface area (Å²) in [6, 6.07) is 1.34. The molecule has 1 heterocycles. The van der Waals surface area contributed by atoms with Gasteiger partial charge < -0.3 is 24.5 Å². The summed E-state index contributed by atoms with van der Waals surface area (Å²) >= 11 is 0. The zero-order valence-corrected chi connectivity index (χ0v) is 17.9. The molecule has 0 radical (unpaired) electrons. The van der Waals surface area contributed by atoms with E-state index in [1.54, 1.807) is 0 Å². The van der Waals surface area contributed by atoms with Crippen LogP contribution in [0.2, 0.25) is 0 Å². The predicted molar refractivity (Wildman–Crippen MR) is 117 cm³/mol. The molecule has 6 nitrogen and oxygen atoms in total. The number of hydrogen-bond donors (Lipinski definition) is 3. The monoisotopic (exact) mass is 412 g/mol. The minimum Gasteiger partial charge on any atom is -0.509 e. The number of allylic oxidation sites excluding steroid dienone is 4. The molecule has 0 saturated carbocycles. The van der Waals surface area contributed by atoms with E-state index in [4.69, 9.17) is 9.15 Å². The Kier molecular flexibility index (Phi) is 6.08. The Morgan fingerprint density at radius 1 is 1.13 bits per heavy atom. The average Bonchev–Trinajstić information content (AvgIpc) is 2.64. The van der Waals surface area contributed by atoms with Gasteiger partial charge in [-0.2, -0.15) is 0 Å². The third-order valence-electron chi connectivity index (χ3n) is 5.36. The maximum atomic E-state index is 13.5. The van der Waals surface area contributed by atoms with Crippen LogP contribution in [-0.2, 0) is 11.2 Å². The number of ether oxygens (including phenoxy) is 1. The molecular weight excluding hydrogens is 384 g/mol. The summed E-state index contributed by atoms with van der Waals surface area (Å²) in [5.41, 5.74) is 2.39. The fraction of sp³-hybridized carbons (Fsp3) is 0.375. The van der Waals surface area contributed by atoms with Crippen LogP contribution >= 0.6 is 0 Å². The normalized spacial score (nSPS) is 18.0. The number of rotatable bonds is 5. The van der Waals surface area contributed by atoms with Gasteiger partial charge in [0.05, 0.1) is 0 Å². The highest BCUT2D eigenvalue weighted by Gasteiger charge is 2.36. The molecule has 0 spiro atoms. The third kappa shape index (κ3) is 3.87. The van der Waals surface area contributed by atoms with Crippen molar-refractivity contribution in [1.29, 1.82) is 0 Å². The molecule has 0 amide bonds. The number of phenolic OH excluding ortho intramolecular Hbond substituents is 2. The Morgan fingerprint density at radius 2 is 1.80 bits per heavy atom. The summed E-state index contributed by atoms with van der Waals surface area (Å²) in [5.74, 6) is -0.734. The van der Waals surface area contributed by atoms with Crippen LogP contribution in [0.5, 0.6) is 11.5 Å². The second-order valence-corrected chi connectivity index (χ2v) is 8.14. The molecule has 160 valence electrons. The van der Waals surface area contributed by atoms with Gasteiger partial charge in [0.15, 0.2) is 0 Å². The van der Waals surface area contributed by atoms with Gasteiger partial charge in [-0.1, -0.05) is 23.3 Å². The molecule has 0 saturated heterocycles. The lowest BCUT2D eigenvalue weighted by molar-refractivity contribution is 0.0707. The van der Waals surface area contributed by atoms with Crippen molar-refractivity contribution in [1.82, 2.24) is 0 Å². The van der Waals surface area contributed by atoms with Crippen molar-refractivity contribution >= 4 is 17.0 Å². The average molecular weight is 412 g/mol. The Balaban J connectivity index is 2.31. The van der Waals surface area contributed by atoms with E-state index >= 15 is 0 Å². The van der Waals surface area contributed by atoms with Gasteiger partial charge in [0.25, 0.3) is 0 Å². The van der Waals surface area contributed by atoms with Crippen molar-refractivity contribution in [2.75, 3.05) is 7.11 Å². The van der Waals surface area contributed by atoms with E-state index in [1.165, 1.54) is 19.3 Å². The van der Waals surface area contributed by atoms with E-state index in [0.717, 1.165) is 11.1 Å². The number of phenols is 2. The molecule has 0 bridgehead atoms. The van der Waals surface area contributed by atoms with Crippen LogP contribution in [-0.4, -0.2) is 28.5 Å². The predicted octanol–water partition coefficient (Wildman–Crippen LogP) is 5.08. The second-order valence-electron chi connectivity index (χ2n) is 8.14. The molecule has 3 rings (SSSR count). The number of aliphatic hydroxyl groups is 1. The quantitative estimate of drug-likeness (QED) is 0.592. The molecule has 6 heteroatoms. The number of benzene rings is 1. The number of aromatic hydroxyl groups is 2. The standard InChI is InChI=1S/C24H28O6/c1-12(2)6-8-14-16(25)10-19-21(22(14)27)23(28)20-15(9-7-13(3)4)24(29-5)17(26)11-18(20)30-19/h6-7,10-11,15,24-27H,8-9H2,1-5H3/t15-,24+/m1/s1. The van der Waals surface area contributed by atoms with Crippen LogP contribution in [0, 0.1) is 0 Å². The summed E-state index contributed by atoms with van der Waals surface area (Å²) in [4.78, 5) is 13.5. The largest absolute Gasteiger partial charge is 0.509 e. The molecule has 0 fully saturated rings. The van der Waals surface area contributed by atoms with Crippen molar-refractivity contribution in [3.8, 4) is 11.5 Å². The fourth-order valence-corrected chi connectivity index (χ4v) is 3.82. The molecule has 1 aromatic heterocycles. The van der Waals surface area contributed by atoms with E-state index < -0.39 is 12.0 Å². The first kappa shape index (κ1) is 21.7. The molecule has 1 aromatic carbocycles. The van der Waals surface area contributed by atoms with E-state index in [1.807, 2.05) is 39.8 Å². The summed E-state index contributed by atoms with van der Waals surface area (Å²) < 4.78 is 11.3. The maximum absolute atomic E-state index is 13.5. The van der Waals surface area contributed by atoms with Gasteiger partial charge in [-0.25, -0.2) is 0 Å². The van der Waals surface area contributed by atoms with Crippen LogP contribution in [0.15, 0.2) is 44.3 Å². The van der Waals surface area contributed by atoms with Crippen LogP contribution < -0.4 is 5.43 Å². The third-order valence-corrected chi connectivity index (χ3v) is 5.36. The number of fused-ring (bicyclic) bond motifs is 2. The smallest absolute Gasteiger partial charge is 0.200 e. The lowest BCUT2D eigenvalue weighted by Crippen LogP contribution is -2.31. The van der Waals surface area contributed by atoms with E-state index in [0.29, 0.717) is 12.0 Å². The molecule has 30 heavy (non-hydrogen) atoms. The van der Waals surface area contributed by atoms with Crippen molar-refractivity contribution in [2.24, 2.45) is 0 Å². The highest BCUT2D eigenvalue weighted by atomic mass is 16.5. The molecule has 1 aliphatic rings. The van der Waals surface area contributed by atoms with Crippen LogP contribution in [0.3, 0.4) is 0 Å². The SMILES string of the molecule is CO[C@@H]1C(O)=Cc2oc3cc(O)c(CC=C(C)C)c(O)c3c(=O)c2[C@H]1CC=C(C)C. The summed E-state index contributed by atoms with van der Waals surface area (Å²) in [7, 11) is 1.48. The lowest BCUT2D eigenvalue weighted by Gasteiger charge is -2.29. The fourth-order valence-electron chi connectivity index (χ4n) is 3.82. The van der Waals surface area contributed by atoms with Gasteiger partial charge in [-0.15, -0.1) is 0 Å². The lowest BCUT2D eigenvalue weighted by atomic mass is 9.83.